The summed E-state index contributed by atoms with van der Waals surface area (Å²) >= 11 is 0. The van der Waals surface area contributed by atoms with Crippen LogP contribution in [-0.4, -0.2) is 30.6 Å². The summed E-state index contributed by atoms with van der Waals surface area (Å²) in [5.41, 5.74) is 5.86. The van der Waals surface area contributed by atoms with Gasteiger partial charge in [-0.25, -0.2) is 0 Å². The zero-order valence-electron chi connectivity index (χ0n) is 9.29. The van der Waals surface area contributed by atoms with E-state index in [0.717, 1.165) is 12.6 Å². The quantitative estimate of drug-likeness (QED) is 0.722. The van der Waals surface area contributed by atoms with Gasteiger partial charge in [-0.15, -0.1) is 0 Å². The van der Waals surface area contributed by atoms with E-state index in [-0.39, 0.29) is 0 Å². The van der Waals surface area contributed by atoms with Gasteiger partial charge in [-0.05, 0) is 32.7 Å². The lowest BCUT2D eigenvalue weighted by molar-refractivity contribution is 0.204. The second kappa shape index (κ2) is 4.97. The zero-order valence-corrected chi connectivity index (χ0v) is 9.29. The van der Waals surface area contributed by atoms with Gasteiger partial charge in [-0.1, -0.05) is 19.8 Å². The fourth-order valence-corrected chi connectivity index (χ4v) is 2.11. The third-order valence-corrected chi connectivity index (χ3v) is 3.42. The average Bonchev–Trinajstić information content (AvgIpc) is 2.55. The summed E-state index contributed by atoms with van der Waals surface area (Å²) < 4.78 is 0. The maximum atomic E-state index is 5.86. The molecule has 0 heterocycles. The SMILES string of the molecule is CC(N)C(C)CN(C)C1CCCC1. The molecule has 1 rings (SSSR count). The van der Waals surface area contributed by atoms with Crippen LogP contribution in [0.5, 0.6) is 0 Å². The van der Waals surface area contributed by atoms with Crippen molar-refractivity contribution in [3.05, 3.63) is 0 Å². The number of hydrogen-bond donors (Lipinski definition) is 1. The number of rotatable bonds is 4. The van der Waals surface area contributed by atoms with Gasteiger partial charge < -0.3 is 10.6 Å². The predicted molar refractivity (Wildman–Crippen MR) is 57.7 cm³/mol. The van der Waals surface area contributed by atoms with Gasteiger partial charge in [0.15, 0.2) is 0 Å². The van der Waals surface area contributed by atoms with E-state index in [9.17, 15) is 0 Å². The van der Waals surface area contributed by atoms with Crippen molar-refractivity contribution in [3.63, 3.8) is 0 Å². The molecule has 0 aromatic heterocycles. The third-order valence-electron chi connectivity index (χ3n) is 3.42. The highest BCUT2D eigenvalue weighted by Crippen LogP contribution is 2.23. The minimum absolute atomic E-state index is 0.323. The molecule has 2 unspecified atom stereocenters. The van der Waals surface area contributed by atoms with E-state index in [1.54, 1.807) is 0 Å². The Morgan fingerprint density at radius 3 is 2.31 bits per heavy atom. The fraction of sp³-hybridized carbons (Fsp3) is 1.00. The minimum atomic E-state index is 0.323. The first kappa shape index (κ1) is 11.0. The molecule has 0 aliphatic heterocycles. The molecule has 13 heavy (non-hydrogen) atoms. The Labute approximate surface area is 82.5 Å². The molecule has 2 N–H and O–H groups in total. The average molecular weight is 184 g/mol. The summed E-state index contributed by atoms with van der Waals surface area (Å²) in [7, 11) is 2.24. The van der Waals surface area contributed by atoms with Crippen molar-refractivity contribution < 1.29 is 0 Å². The van der Waals surface area contributed by atoms with E-state index in [0.29, 0.717) is 12.0 Å². The Hall–Kier alpha value is -0.0800. The maximum absolute atomic E-state index is 5.86. The molecule has 2 atom stereocenters. The van der Waals surface area contributed by atoms with Gasteiger partial charge >= 0.3 is 0 Å². The van der Waals surface area contributed by atoms with Crippen molar-refractivity contribution in [2.75, 3.05) is 13.6 Å². The van der Waals surface area contributed by atoms with Crippen molar-refractivity contribution >= 4 is 0 Å². The van der Waals surface area contributed by atoms with Crippen molar-refractivity contribution in [1.82, 2.24) is 4.90 Å². The third kappa shape index (κ3) is 3.28. The molecule has 0 saturated heterocycles. The molecule has 0 aromatic rings. The lowest BCUT2D eigenvalue weighted by Gasteiger charge is -2.28. The van der Waals surface area contributed by atoms with Gasteiger partial charge in [0.25, 0.3) is 0 Å². The van der Waals surface area contributed by atoms with Crippen LogP contribution in [0.2, 0.25) is 0 Å². The van der Waals surface area contributed by atoms with Crippen LogP contribution in [0, 0.1) is 5.92 Å². The highest BCUT2D eigenvalue weighted by Gasteiger charge is 2.21. The summed E-state index contributed by atoms with van der Waals surface area (Å²) in [6, 6.07) is 1.16. The molecule has 1 saturated carbocycles. The Bertz CT molecular complexity index is 139. The molecule has 1 aliphatic carbocycles. The molecule has 0 radical (unpaired) electrons. The largest absolute Gasteiger partial charge is 0.328 e. The molecular formula is C11H24N2. The molecule has 0 amide bonds. The van der Waals surface area contributed by atoms with Gasteiger partial charge in [-0.3, -0.25) is 0 Å². The minimum Gasteiger partial charge on any atom is -0.328 e. The fourth-order valence-electron chi connectivity index (χ4n) is 2.11. The number of nitrogens with zero attached hydrogens (tertiary/aromatic N) is 1. The van der Waals surface area contributed by atoms with Crippen molar-refractivity contribution in [3.8, 4) is 0 Å². The highest BCUT2D eigenvalue weighted by molar-refractivity contribution is 4.77. The summed E-state index contributed by atoms with van der Waals surface area (Å²) in [4.78, 5) is 2.50. The van der Waals surface area contributed by atoms with Crippen LogP contribution >= 0.6 is 0 Å². The van der Waals surface area contributed by atoms with E-state index in [4.69, 9.17) is 5.73 Å². The van der Waals surface area contributed by atoms with Crippen molar-refractivity contribution in [2.24, 2.45) is 11.7 Å². The van der Waals surface area contributed by atoms with E-state index >= 15 is 0 Å². The molecule has 0 aromatic carbocycles. The molecule has 1 fully saturated rings. The standard InChI is InChI=1S/C11H24N2/c1-9(10(2)12)8-13(3)11-6-4-5-7-11/h9-11H,4-8,12H2,1-3H3. The second-order valence-electron chi connectivity index (χ2n) is 4.71. The first-order chi connectivity index (χ1) is 6.11. The molecule has 2 nitrogen and oxygen atoms in total. The zero-order chi connectivity index (χ0) is 9.84. The van der Waals surface area contributed by atoms with Crippen LogP contribution in [0.4, 0.5) is 0 Å². The van der Waals surface area contributed by atoms with Gasteiger partial charge in [0.1, 0.15) is 0 Å². The summed E-state index contributed by atoms with van der Waals surface area (Å²) in [6.45, 7) is 5.51. The Balaban J connectivity index is 2.26. The molecule has 0 spiro atoms. The Morgan fingerprint density at radius 1 is 1.31 bits per heavy atom. The summed E-state index contributed by atoms with van der Waals surface area (Å²) in [5.74, 6) is 0.616. The smallest absolute Gasteiger partial charge is 0.00923 e. The molecule has 78 valence electrons. The van der Waals surface area contributed by atoms with Crippen LogP contribution < -0.4 is 5.73 Å². The maximum Gasteiger partial charge on any atom is 0.00923 e. The molecular weight excluding hydrogens is 160 g/mol. The molecule has 0 bridgehead atoms. The van der Waals surface area contributed by atoms with Crippen LogP contribution in [-0.2, 0) is 0 Å². The van der Waals surface area contributed by atoms with Gasteiger partial charge in [-0.2, -0.15) is 0 Å². The number of hydrogen-bond acceptors (Lipinski definition) is 2. The number of nitrogens with two attached hydrogens (primary N) is 1. The van der Waals surface area contributed by atoms with E-state index < -0.39 is 0 Å². The highest BCUT2D eigenvalue weighted by atomic mass is 15.1. The van der Waals surface area contributed by atoms with E-state index in [1.807, 2.05) is 0 Å². The van der Waals surface area contributed by atoms with E-state index in [1.165, 1.54) is 25.7 Å². The second-order valence-corrected chi connectivity index (χ2v) is 4.71. The molecule has 1 aliphatic rings. The predicted octanol–water partition coefficient (Wildman–Crippen LogP) is 1.84. The molecule has 2 heteroatoms. The summed E-state index contributed by atoms with van der Waals surface area (Å²) in [6.07, 6.45) is 5.62. The van der Waals surface area contributed by atoms with Gasteiger partial charge in [0, 0.05) is 18.6 Å². The van der Waals surface area contributed by atoms with E-state index in [2.05, 4.69) is 25.8 Å². The van der Waals surface area contributed by atoms with Crippen LogP contribution in [0.25, 0.3) is 0 Å². The lowest BCUT2D eigenvalue weighted by atomic mass is 10.0. The summed E-state index contributed by atoms with van der Waals surface area (Å²) in [5, 5.41) is 0. The van der Waals surface area contributed by atoms with Crippen molar-refractivity contribution in [2.45, 2.75) is 51.6 Å². The lowest BCUT2D eigenvalue weighted by Crippen LogP contribution is -2.38. The Kier molecular flexibility index (Phi) is 4.20. The first-order valence-corrected chi connectivity index (χ1v) is 5.57. The van der Waals surface area contributed by atoms with Crippen LogP contribution in [0.3, 0.4) is 0 Å². The van der Waals surface area contributed by atoms with Crippen LogP contribution in [0.15, 0.2) is 0 Å². The van der Waals surface area contributed by atoms with Gasteiger partial charge in [0.2, 0.25) is 0 Å². The van der Waals surface area contributed by atoms with Crippen molar-refractivity contribution in [1.29, 1.82) is 0 Å². The first-order valence-electron chi connectivity index (χ1n) is 5.57. The monoisotopic (exact) mass is 184 g/mol. The topological polar surface area (TPSA) is 29.3 Å². The normalized spacial score (nSPS) is 23.8. The van der Waals surface area contributed by atoms with Gasteiger partial charge in [0.05, 0.1) is 0 Å². The van der Waals surface area contributed by atoms with Crippen LogP contribution in [0.1, 0.15) is 39.5 Å². The Morgan fingerprint density at radius 2 is 1.85 bits per heavy atom.